The molecule has 1 aliphatic carbocycles. The van der Waals surface area contributed by atoms with Gasteiger partial charge in [-0.3, -0.25) is 14.7 Å². The Morgan fingerprint density at radius 1 is 1.11 bits per heavy atom. The second-order valence-corrected chi connectivity index (χ2v) is 8.64. The van der Waals surface area contributed by atoms with Gasteiger partial charge in [-0.25, -0.2) is 0 Å². The Hall–Kier alpha value is -1.34. The molecule has 0 aromatic carbocycles. The standard InChI is InChI=1S/C21H39N5O2/c1-4-22-20(23-17-21(7-8-21)9-16-28-3)26-14-12-24(13-15-26)18(2)19(27)25-10-5-6-11-25/h18H,4-17H2,1-3H3,(H,22,23). The van der Waals surface area contributed by atoms with Gasteiger partial charge in [-0.2, -0.15) is 0 Å². The van der Waals surface area contributed by atoms with E-state index in [0.717, 1.165) is 84.2 Å². The highest BCUT2D eigenvalue weighted by molar-refractivity contribution is 5.82. The first-order valence-corrected chi connectivity index (χ1v) is 11.1. The topological polar surface area (TPSA) is 60.4 Å². The normalized spacial score (nSPS) is 23.8. The lowest BCUT2D eigenvalue weighted by atomic mass is 10.0. The summed E-state index contributed by atoms with van der Waals surface area (Å²) in [5, 5.41) is 3.47. The molecule has 3 rings (SSSR count). The van der Waals surface area contributed by atoms with E-state index in [9.17, 15) is 4.79 Å². The third kappa shape index (κ3) is 5.38. The summed E-state index contributed by atoms with van der Waals surface area (Å²) in [6.07, 6.45) is 5.95. The van der Waals surface area contributed by atoms with Crippen LogP contribution >= 0.6 is 0 Å². The van der Waals surface area contributed by atoms with Crippen LogP contribution < -0.4 is 5.32 Å². The van der Waals surface area contributed by atoms with Crippen molar-refractivity contribution in [3.8, 4) is 0 Å². The van der Waals surface area contributed by atoms with Crippen molar-refractivity contribution in [3.63, 3.8) is 0 Å². The molecule has 7 nitrogen and oxygen atoms in total. The Morgan fingerprint density at radius 2 is 1.79 bits per heavy atom. The molecular formula is C21H39N5O2. The Balaban J connectivity index is 1.51. The number of hydrogen-bond donors (Lipinski definition) is 1. The molecule has 0 radical (unpaired) electrons. The highest BCUT2D eigenvalue weighted by Crippen LogP contribution is 2.49. The number of nitrogens with one attached hydrogen (secondary N) is 1. The van der Waals surface area contributed by atoms with Crippen molar-refractivity contribution in [2.75, 3.05) is 66.1 Å². The number of piperazine rings is 1. The van der Waals surface area contributed by atoms with E-state index < -0.39 is 0 Å². The van der Waals surface area contributed by atoms with Gasteiger partial charge in [-0.15, -0.1) is 0 Å². The molecule has 2 aliphatic heterocycles. The quantitative estimate of drug-likeness (QED) is 0.499. The van der Waals surface area contributed by atoms with E-state index in [1.165, 1.54) is 12.8 Å². The third-order valence-corrected chi connectivity index (χ3v) is 6.63. The minimum atomic E-state index is -0.0106. The summed E-state index contributed by atoms with van der Waals surface area (Å²) in [6.45, 7) is 12.4. The van der Waals surface area contributed by atoms with Crippen molar-refractivity contribution in [1.82, 2.24) is 20.0 Å². The molecule has 0 bridgehead atoms. The van der Waals surface area contributed by atoms with Crippen LogP contribution in [-0.4, -0.2) is 98.7 Å². The van der Waals surface area contributed by atoms with Gasteiger partial charge in [0.1, 0.15) is 0 Å². The zero-order chi connectivity index (χ0) is 20.0. The van der Waals surface area contributed by atoms with Crippen LogP contribution in [0.3, 0.4) is 0 Å². The summed E-state index contributed by atoms with van der Waals surface area (Å²) in [4.78, 5) is 24.4. The minimum absolute atomic E-state index is 0.0106. The molecule has 3 fully saturated rings. The molecule has 1 saturated carbocycles. The third-order valence-electron chi connectivity index (χ3n) is 6.63. The molecule has 160 valence electrons. The smallest absolute Gasteiger partial charge is 0.239 e. The molecule has 1 amide bonds. The van der Waals surface area contributed by atoms with E-state index in [2.05, 4.69) is 29.0 Å². The fraction of sp³-hybridized carbons (Fsp3) is 0.905. The van der Waals surface area contributed by atoms with Gasteiger partial charge in [-0.05, 0) is 51.4 Å². The molecule has 0 spiro atoms. The number of ether oxygens (including phenoxy) is 1. The SMILES string of the molecule is CCNC(=NCC1(CCOC)CC1)N1CCN(C(C)C(=O)N2CCCC2)CC1. The lowest BCUT2D eigenvalue weighted by Gasteiger charge is -2.39. The monoisotopic (exact) mass is 393 g/mol. The zero-order valence-electron chi connectivity index (χ0n) is 18.1. The first-order valence-electron chi connectivity index (χ1n) is 11.1. The first kappa shape index (κ1) is 21.4. The van der Waals surface area contributed by atoms with Crippen molar-refractivity contribution in [2.24, 2.45) is 10.4 Å². The van der Waals surface area contributed by atoms with Gasteiger partial charge < -0.3 is 19.9 Å². The molecule has 28 heavy (non-hydrogen) atoms. The fourth-order valence-electron chi connectivity index (χ4n) is 4.33. The van der Waals surface area contributed by atoms with Crippen molar-refractivity contribution < 1.29 is 9.53 Å². The van der Waals surface area contributed by atoms with Gasteiger partial charge in [0.05, 0.1) is 6.04 Å². The molecule has 1 atom stereocenters. The fourth-order valence-corrected chi connectivity index (χ4v) is 4.33. The predicted octanol–water partition coefficient (Wildman–Crippen LogP) is 1.40. The summed E-state index contributed by atoms with van der Waals surface area (Å²) in [6, 6.07) is -0.0106. The largest absolute Gasteiger partial charge is 0.385 e. The molecule has 0 aromatic heterocycles. The molecule has 2 saturated heterocycles. The lowest BCUT2D eigenvalue weighted by Crippen LogP contribution is -2.57. The second-order valence-electron chi connectivity index (χ2n) is 8.64. The van der Waals surface area contributed by atoms with Gasteiger partial charge in [0.25, 0.3) is 0 Å². The van der Waals surface area contributed by atoms with Gasteiger partial charge in [0, 0.05) is 66.1 Å². The Bertz CT molecular complexity index is 535. The number of guanidine groups is 1. The van der Waals surface area contributed by atoms with Crippen LogP contribution in [0.5, 0.6) is 0 Å². The number of nitrogens with zero attached hydrogens (tertiary/aromatic N) is 4. The predicted molar refractivity (Wildman–Crippen MR) is 113 cm³/mol. The van der Waals surface area contributed by atoms with E-state index in [-0.39, 0.29) is 6.04 Å². The van der Waals surface area contributed by atoms with Crippen LogP contribution in [0.2, 0.25) is 0 Å². The number of hydrogen-bond acceptors (Lipinski definition) is 4. The lowest BCUT2D eigenvalue weighted by molar-refractivity contribution is -0.135. The van der Waals surface area contributed by atoms with E-state index in [4.69, 9.17) is 9.73 Å². The maximum absolute atomic E-state index is 12.7. The number of carbonyl (C=O) groups excluding carboxylic acids is 1. The van der Waals surface area contributed by atoms with Gasteiger partial charge in [-0.1, -0.05) is 0 Å². The van der Waals surface area contributed by atoms with Crippen molar-refractivity contribution in [1.29, 1.82) is 0 Å². The molecule has 1 N–H and O–H groups in total. The molecule has 7 heteroatoms. The summed E-state index contributed by atoms with van der Waals surface area (Å²) in [5.41, 5.74) is 0.370. The van der Waals surface area contributed by atoms with Crippen LogP contribution in [-0.2, 0) is 9.53 Å². The summed E-state index contributed by atoms with van der Waals surface area (Å²) in [5.74, 6) is 1.34. The Labute approximate surface area is 170 Å². The van der Waals surface area contributed by atoms with E-state index in [1.807, 2.05) is 4.90 Å². The number of carbonyl (C=O) groups is 1. The number of methoxy groups -OCH3 is 1. The number of amides is 1. The van der Waals surface area contributed by atoms with Crippen LogP contribution in [0.15, 0.2) is 4.99 Å². The average Bonchev–Trinajstić information content (AvgIpc) is 3.28. The molecule has 0 aromatic rings. The number of likely N-dealkylation sites (tertiary alicyclic amines) is 1. The molecular weight excluding hydrogens is 354 g/mol. The Morgan fingerprint density at radius 3 is 2.36 bits per heavy atom. The van der Waals surface area contributed by atoms with E-state index >= 15 is 0 Å². The van der Waals surface area contributed by atoms with Crippen LogP contribution in [0.25, 0.3) is 0 Å². The first-order chi connectivity index (χ1) is 13.6. The van der Waals surface area contributed by atoms with E-state index in [1.54, 1.807) is 7.11 Å². The molecule has 2 heterocycles. The summed E-state index contributed by atoms with van der Waals surface area (Å²) in [7, 11) is 1.78. The highest BCUT2D eigenvalue weighted by atomic mass is 16.5. The van der Waals surface area contributed by atoms with Crippen LogP contribution in [0, 0.1) is 5.41 Å². The number of aliphatic imine (C=N–C) groups is 1. The molecule has 3 aliphatic rings. The summed E-state index contributed by atoms with van der Waals surface area (Å²) >= 11 is 0. The maximum atomic E-state index is 12.7. The van der Waals surface area contributed by atoms with Gasteiger partial charge >= 0.3 is 0 Å². The summed E-state index contributed by atoms with van der Waals surface area (Å²) < 4.78 is 5.27. The van der Waals surface area contributed by atoms with Crippen molar-refractivity contribution >= 4 is 11.9 Å². The van der Waals surface area contributed by atoms with Gasteiger partial charge in [0.2, 0.25) is 5.91 Å². The van der Waals surface area contributed by atoms with Gasteiger partial charge in [0.15, 0.2) is 5.96 Å². The van der Waals surface area contributed by atoms with E-state index in [0.29, 0.717) is 11.3 Å². The van der Waals surface area contributed by atoms with Crippen molar-refractivity contribution in [2.45, 2.75) is 52.0 Å². The average molecular weight is 394 g/mol. The molecule has 1 unspecified atom stereocenters. The zero-order valence-corrected chi connectivity index (χ0v) is 18.1. The Kier molecular flexibility index (Phi) is 7.57. The van der Waals surface area contributed by atoms with Crippen LogP contribution in [0.1, 0.15) is 46.0 Å². The highest BCUT2D eigenvalue weighted by Gasteiger charge is 2.42. The second kappa shape index (κ2) is 9.92. The number of rotatable bonds is 8. The van der Waals surface area contributed by atoms with Crippen molar-refractivity contribution in [3.05, 3.63) is 0 Å². The minimum Gasteiger partial charge on any atom is -0.385 e. The maximum Gasteiger partial charge on any atom is 0.239 e. The van der Waals surface area contributed by atoms with Crippen LogP contribution in [0.4, 0.5) is 0 Å².